The first-order valence-electron chi connectivity index (χ1n) is 15.8. The molecule has 218 valence electrons. The number of benzene rings is 7. The Kier molecular flexibility index (Phi) is 6.12. The predicted molar refractivity (Wildman–Crippen MR) is 194 cm³/mol. The number of fused-ring (bicyclic) bond motifs is 6. The van der Waals surface area contributed by atoms with Gasteiger partial charge in [0.2, 0.25) is 0 Å². The first kappa shape index (κ1) is 26.5. The van der Waals surface area contributed by atoms with Crippen molar-refractivity contribution in [3.8, 4) is 33.6 Å². The van der Waals surface area contributed by atoms with Gasteiger partial charge in [-0.25, -0.2) is 0 Å². The van der Waals surface area contributed by atoms with Gasteiger partial charge in [-0.3, -0.25) is 0 Å². The lowest BCUT2D eigenvalue weighted by Gasteiger charge is -2.19. The molecular weight excluding hydrogens is 558 g/mol. The molecule has 0 aliphatic heterocycles. The van der Waals surface area contributed by atoms with Crippen LogP contribution in [0.3, 0.4) is 0 Å². The van der Waals surface area contributed by atoms with E-state index >= 15 is 0 Å². The second-order valence-electron chi connectivity index (χ2n) is 11.9. The van der Waals surface area contributed by atoms with Gasteiger partial charge < -0.3 is 14.9 Å². The van der Waals surface area contributed by atoms with E-state index in [1.807, 2.05) is 0 Å². The third kappa shape index (κ3) is 4.03. The summed E-state index contributed by atoms with van der Waals surface area (Å²) in [6.07, 6.45) is 0. The summed E-state index contributed by atoms with van der Waals surface area (Å²) in [4.78, 5) is 0. The van der Waals surface area contributed by atoms with E-state index in [1.54, 1.807) is 0 Å². The fourth-order valence-electron chi connectivity index (χ4n) is 7.30. The molecule has 2 aromatic heterocycles. The van der Waals surface area contributed by atoms with Gasteiger partial charge in [0, 0.05) is 39.3 Å². The Morgan fingerprint density at radius 3 is 1.46 bits per heavy atom. The zero-order valence-corrected chi connectivity index (χ0v) is 25.3. The number of para-hydroxylation sites is 4. The molecule has 9 aromatic rings. The van der Waals surface area contributed by atoms with Crippen molar-refractivity contribution in [2.24, 2.45) is 5.73 Å². The van der Waals surface area contributed by atoms with E-state index in [0.717, 1.165) is 22.5 Å². The highest BCUT2D eigenvalue weighted by Crippen LogP contribution is 2.42. The Morgan fingerprint density at radius 1 is 0.413 bits per heavy atom. The number of hydrogen-bond acceptors (Lipinski definition) is 1. The van der Waals surface area contributed by atoms with Crippen LogP contribution in [0, 0.1) is 0 Å². The van der Waals surface area contributed by atoms with Crippen molar-refractivity contribution in [1.82, 2.24) is 9.13 Å². The van der Waals surface area contributed by atoms with Gasteiger partial charge in [0.05, 0.1) is 27.8 Å². The first-order valence-corrected chi connectivity index (χ1v) is 15.8. The number of nitrogens with two attached hydrogens (primary N) is 1. The van der Waals surface area contributed by atoms with Gasteiger partial charge in [0.25, 0.3) is 0 Å². The SMILES string of the molecule is NCc1cccc(-c2c(-c3ccc(-n4c5ccccc5c5ccccc54)cc3)cccc2-n2c3ccccc3c3ccccc32)c1. The van der Waals surface area contributed by atoms with Crippen LogP contribution in [0.1, 0.15) is 5.56 Å². The Morgan fingerprint density at radius 2 is 0.913 bits per heavy atom. The standard InChI is InChI=1S/C43H31N3/c44-28-29-11-9-12-31(27-29)43-33(17-10-22-42(43)46-40-20-7-3-15-36(40)37-16-4-8-21-41(37)46)30-23-25-32(26-24-30)45-38-18-5-1-13-34(38)35-14-2-6-19-39(35)45/h1-27H,28,44H2. The maximum Gasteiger partial charge on any atom is 0.0546 e. The molecule has 0 unspecified atom stereocenters. The maximum atomic E-state index is 6.16. The van der Waals surface area contributed by atoms with Crippen LogP contribution in [0.2, 0.25) is 0 Å². The van der Waals surface area contributed by atoms with E-state index in [-0.39, 0.29) is 0 Å². The molecule has 0 amide bonds. The fraction of sp³-hybridized carbons (Fsp3) is 0.0233. The van der Waals surface area contributed by atoms with Crippen molar-refractivity contribution < 1.29 is 0 Å². The summed E-state index contributed by atoms with van der Waals surface area (Å²) in [5.41, 5.74) is 19.1. The lowest BCUT2D eigenvalue weighted by molar-refractivity contribution is 1.07. The molecule has 46 heavy (non-hydrogen) atoms. The third-order valence-electron chi connectivity index (χ3n) is 9.33. The highest BCUT2D eigenvalue weighted by atomic mass is 15.0. The summed E-state index contributed by atoms with van der Waals surface area (Å²) in [6, 6.07) is 59.1. The van der Waals surface area contributed by atoms with Crippen LogP contribution in [0.25, 0.3) is 77.2 Å². The average Bonchev–Trinajstić information content (AvgIpc) is 3.64. The Bertz CT molecular complexity index is 2460. The Hall–Kier alpha value is -5.90. The monoisotopic (exact) mass is 589 g/mol. The van der Waals surface area contributed by atoms with Crippen molar-refractivity contribution in [2.75, 3.05) is 0 Å². The second-order valence-corrected chi connectivity index (χ2v) is 11.9. The van der Waals surface area contributed by atoms with Gasteiger partial charge in [0.1, 0.15) is 0 Å². The summed E-state index contributed by atoms with van der Waals surface area (Å²) in [7, 11) is 0. The summed E-state index contributed by atoms with van der Waals surface area (Å²) < 4.78 is 4.79. The molecule has 7 aromatic carbocycles. The summed E-state index contributed by atoms with van der Waals surface area (Å²) in [6.45, 7) is 0.494. The smallest absolute Gasteiger partial charge is 0.0546 e. The van der Waals surface area contributed by atoms with Crippen LogP contribution in [-0.2, 0) is 6.54 Å². The van der Waals surface area contributed by atoms with Crippen molar-refractivity contribution in [2.45, 2.75) is 6.54 Å². The largest absolute Gasteiger partial charge is 0.326 e. The molecule has 0 saturated heterocycles. The van der Waals surface area contributed by atoms with Crippen LogP contribution in [0.15, 0.2) is 164 Å². The van der Waals surface area contributed by atoms with Crippen LogP contribution < -0.4 is 5.73 Å². The molecule has 0 atom stereocenters. The van der Waals surface area contributed by atoms with Gasteiger partial charge in [0.15, 0.2) is 0 Å². The number of aromatic nitrogens is 2. The number of nitrogens with zero attached hydrogens (tertiary/aromatic N) is 2. The molecule has 0 bridgehead atoms. The van der Waals surface area contributed by atoms with Gasteiger partial charge in [-0.1, -0.05) is 115 Å². The first-order chi connectivity index (χ1) is 22.8. The van der Waals surface area contributed by atoms with Crippen molar-refractivity contribution in [3.63, 3.8) is 0 Å². The molecule has 0 aliphatic rings. The average molecular weight is 590 g/mol. The van der Waals surface area contributed by atoms with Crippen molar-refractivity contribution in [1.29, 1.82) is 0 Å². The molecule has 3 nitrogen and oxygen atoms in total. The molecule has 0 aliphatic carbocycles. The normalized spacial score (nSPS) is 11.7. The Labute approximate surface area is 267 Å². The van der Waals surface area contributed by atoms with Crippen LogP contribution in [0.5, 0.6) is 0 Å². The second kappa shape index (κ2) is 10.6. The van der Waals surface area contributed by atoms with Gasteiger partial charge in [-0.2, -0.15) is 0 Å². The molecule has 0 spiro atoms. The molecule has 0 radical (unpaired) electrons. The summed E-state index contributed by atoms with van der Waals surface area (Å²) >= 11 is 0. The van der Waals surface area contributed by atoms with Gasteiger partial charge >= 0.3 is 0 Å². The Balaban J connectivity index is 1.29. The van der Waals surface area contributed by atoms with E-state index in [2.05, 4.69) is 173 Å². The van der Waals surface area contributed by atoms with E-state index in [0.29, 0.717) is 6.54 Å². The highest BCUT2D eigenvalue weighted by molar-refractivity contribution is 6.11. The summed E-state index contributed by atoms with van der Waals surface area (Å²) in [5, 5.41) is 5.03. The molecule has 2 heterocycles. The van der Waals surface area contributed by atoms with E-state index in [1.165, 1.54) is 60.3 Å². The molecule has 9 rings (SSSR count). The minimum Gasteiger partial charge on any atom is -0.326 e. The van der Waals surface area contributed by atoms with Crippen molar-refractivity contribution in [3.05, 3.63) is 169 Å². The van der Waals surface area contributed by atoms with Gasteiger partial charge in [-0.05, 0) is 70.8 Å². The topological polar surface area (TPSA) is 35.9 Å². The minimum absolute atomic E-state index is 0.494. The third-order valence-corrected chi connectivity index (χ3v) is 9.33. The van der Waals surface area contributed by atoms with E-state index in [4.69, 9.17) is 5.73 Å². The van der Waals surface area contributed by atoms with Crippen molar-refractivity contribution >= 4 is 43.6 Å². The highest BCUT2D eigenvalue weighted by Gasteiger charge is 2.19. The molecule has 2 N–H and O–H groups in total. The molecule has 0 saturated carbocycles. The molecule has 0 fully saturated rings. The molecular formula is C43H31N3. The quantitative estimate of drug-likeness (QED) is 0.213. The van der Waals surface area contributed by atoms with Crippen LogP contribution >= 0.6 is 0 Å². The maximum absolute atomic E-state index is 6.16. The van der Waals surface area contributed by atoms with E-state index in [9.17, 15) is 0 Å². The van der Waals surface area contributed by atoms with Crippen LogP contribution in [-0.4, -0.2) is 9.13 Å². The zero-order valence-electron chi connectivity index (χ0n) is 25.3. The lowest BCUT2D eigenvalue weighted by Crippen LogP contribution is -2.01. The van der Waals surface area contributed by atoms with Crippen LogP contribution in [0.4, 0.5) is 0 Å². The lowest BCUT2D eigenvalue weighted by atomic mass is 9.91. The van der Waals surface area contributed by atoms with Gasteiger partial charge in [-0.15, -0.1) is 0 Å². The number of rotatable bonds is 5. The minimum atomic E-state index is 0.494. The fourth-order valence-corrected chi connectivity index (χ4v) is 7.30. The molecule has 3 heteroatoms. The summed E-state index contributed by atoms with van der Waals surface area (Å²) in [5.74, 6) is 0. The van der Waals surface area contributed by atoms with E-state index < -0.39 is 0 Å². The number of hydrogen-bond donors (Lipinski definition) is 1. The zero-order chi connectivity index (χ0) is 30.6. The predicted octanol–water partition coefficient (Wildman–Crippen LogP) is 10.7.